The molecule has 0 spiro atoms. The number of H-pyrrole nitrogens is 2. The van der Waals surface area contributed by atoms with Crippen molar-refractivity contribution in [1.29, 1.82) is 0 Å². The van der Waals surface area contributed by atoms with Gasteiger partial charge in [0.2, 0.25) is 5.16 Å². The summed E-state index contributed by atoms with van der Waals surface area (Å²) in [7, 11) is 0. The number of nitrogens with one attached hydrogen (secondary N) is 2. The number of hydrogen-bond donors (Lipinski definition) is 2. The molecule has 0 amide bonds. The highest BCUT2D eigenvalue weighted by atomic mass is 32.2. The molecule has 0 saturated carbocycles. The second-order valence-corrected chi connectivity index (χ2v) is 5.86. The first-order valence-corrected chi connectivity index (χ1v) is 7.81. The van der Waals surface area contributed by atoms with E-state index in [0.717, 1.165) is 34.4 Å². The van der Waals surface area contributed by atoms with Crippen LogP contribution >= 0.6 is 11.8 Å². The monoisotopic (exact) mass is 300 g/mol. The molecule has 0 aliphatic heterocycles. The molecule has 0 atom stereocenters. The van der Waals surface area contributed by atoms with Crippen molar-refractivity contribution in [2.45, 2.75) is 31.2 Å². The van der Waals surface area contributed by atoms with Crippen LogP contribution in [0.3, 0.4) is 0 Å². The van der Waals surface area contributed by atoms with Gasteiger partial charge in [-0.1, -0.05) is 30.3 Å². The van der Waals surface area contributed by atoms with Crippen LogP contribution in [0.25, 0.3) is 10.9 Å². The van der Waals surface area contributed by atoms with E-state index in [4.69, 9.17) is 0 Å². The molecule has 0 fully saturated rings. The molecular weight excluding hydrogens is 284 g/mol. The number of nitrogens with zero attached hydrogens (tertiary/aromatic N) is 2. The zero-order valence-corrected chi connectivity index (χ0v) is 12.8. The summed E-state index contributed by atoms with van der Waals surface area (Å²) in [6, 6.07) is 7.51. The van der Waals surface area contributed by atoms with Crippen LogP contribution in [-0.2, 0) is 12.2 Å². The summed E-state index contributed by atoms with van der Waals surface area (Å²) in [5.41, 5.74) is 2.88. The van der Waals surface area contributed by atoms with Crippen molar-refractivity contribution in [1.82, 2.24) is 20.2 Å². The fourth-order valence-electron chi connectivity index (χ4n) is 2.14. The molecule has 0 aliphatic carbocycles. The highest BCUT2D eigenvalue weighted by molar-refractivity contribution is 7.98. The largest absolute Gasteiger partial charge is 0.357 e. The van der Waals surface area contributed by atoms with Gasteiger partial charge in [-0.15, -0.1) is 5.10 Å². The molecule has 6 heteroatoms. The van der Waals surface area contributed by atoms with Gasteiger partial charge in [0.05, 0.1) is 0 Å². The number of aromatic nitrogens is 4. The van der Waals surface area contributed by atoms with Crippen LogP contribution in [0.4, 0.5) is 0 Å². The third-order valence-corrected chi connectivity index (χ3v) is 4.14. The van der Waals surface area contributed by atoms with Crippen molar-refractivity contribution >= 4 is 22.7 Å². The maximum absolute atomic E-state index is 12.1. The van der Waals surface area contributed by atoms with Gasteiger partial charge in [-0.05, 0) is 19.1 Å². The van der Waals surface area contributed by atoms with Crippen LogP contribution in [0.15, 0.2) is 34.2 Å². The van der Waals surface area contributed by atoms with Crippen LogP contribution < -0.4 is 5.43 Å². The molecule has 3 rings (SSSR count). The van der Waals surface area contributed by atoms with Crippen LogP contribution in [0.2, 0.25) is 0 Å². The molecule has 2 heterocycles. The summed E-state index contributed by atoms with van der Waals surface area (Å²) in [5, 5.41) is 8.46. The summed E-state index contributed by atoms with van der Waals surface area (Å²) >= 11 is 1.51. The summed E-state index contributed by atoms with van der Waals surface area (Å²) in [5.74, 6) is 1.51. The average molecular weight is 300 g/mol. The first-order chi connectivity index (χ1) is 10.2. The van der Waals surface area contributed by atoms with Crippen molar-refractivity contribution in [2.75, 3.05) is 0 Å². The molecule has 0 aliphatic rings. The van der Waals surface area contributed by atoms with Crippen molar-refractivity contribution < 1.29 is 0 Å². The van der Waals surface area contributed by atoms with E-state index in [1.807, 2.05) is 32.0 Å². The van der Waals surface area contributed by atoms with Crippen LogP contribution in [0, 0.1) is 6.92 Å². The number of pyridine rings is 1. The van der Waals surface area contributed by atoms with Crippen LogP contribution in [0.1, 0.15) is 24.0 Å². The molecule has 3 aromatic rings. The summed E-state index contributed by atoms with van der Waals surface area (Å²) in [6.45, 7) is 4.01. The quantitative estimate of drug-likeness (QED) is 0.727. The zero-order chi connectivity index (χ0) is 14.8. The van der Waals surface area contributed by atoms with E-state index < -0.39 is 0 Å². The Balaban J connectivity index is 1.84. The predicted octanol–water partition coefficient (Wildman–Crippen LogP) is 2.81. The van der Waals surface area contributed by atoms with Crippen molar-refractivity contribution in [2.24, 2.45) is 0 Å². The zero-order valence-electron chi connectivity index (χ0n) is 11.9. The topological polar surface area (TPSA) is 74.4 Å². The van der Waals surface area contributed by atoms with Gasteiger partial charge < -0.3 is 4.98 Å². The minimum Gasteiger partial charge on any atom is -0.357 e. The molecule has 0 radical (unpaired) electrons. The number of thioether (sulfide) groups is 1. The van der Waals surface area contributed by atoms with Crippen LogP contribution in [0.5, 0.6) is 0 Å². The summed E-state index contributed by atoms with van der Waals surface area (Å²) in [4.78, 5) is 19.8. The first kappa shape index (κ1) is 13.9. The highest BCUT2D eigenvalue weighted by Gasteiger charge is 2.06. The molecule has 21 heavy (non-hydrogen) atoms. The lowest BCUT2D eigenvalue weighted by molar-refractivity contribution is 0.941. The van der Waals surface area contributed by atoms with Gasteiger partial charge >= 0.3 is 0 Å². The third kappa shape index (κ3) is 3.00. The van der Waals surface area contributed by atoms with E-state index >= 15 is 0 Å². The molecule has 1 aromatic carbocycles. The fourth-order valence-corrected chi connectivity index (χ4v) is 2.86. The molecule has 2 N–H and O–H groups in total. The van der Waals surface area contributed by atoms with E-state index in [-0.39, 0.29) is 5.43 Å². The fraction of sp³-hybridized carbons (Fsp3) is 0.267. The highest BCUT2D eigenvalue weighted by Crippen LogP contribution is 2.19. The molecule has 5 nitrogen and oxygen atoms in total. The lowest BCUT2D eigenvalue weighted by Gasteiger charge is -2.04. The minimum absolute atomic E-state index is 0.0484. The normalized spacial score (nSPS) is 11.1. The number of fused-ring (bicyclic) bond motifs is 1. The van der Waals surface area contributed by atoms with Crippen LogP contribution in [-0.4, -0.2) is 20.2 Å². The number of rotatable bonds is 4. The number of hydrogen-bond acceptors (Lipinski definition) is 4. The minimum atomic E-state index is 0.0484. The predicted molar refractivity (Wildman–Crippen MR) is 84.6 cm³/mol. The van der Waals surface area contributed by atoms with Gasteiger partial charge in [-0.3, -0.25) is 9.89 Å². The van der Waals surface area contributed by atoms with E-state index in [1.165, 1.54) is 11.8 Å². The van der Waals surface area contributed by atoms with Crippen molar-refractivity contribution in [3.05, 3.63) is 51.6 Å². The molecule has 0 unspecified atom stereocenters. The molecule has 2 aromatic heterocycles. The van der Waals surface area contributed by atoms with Gasteiger partial charge in [0.25, 0.3) is 0 Å². The Morgan fingerprint density at radius 1 is 1.29 bits per heavy atom. The molecule has 0 saturated heterocycles. The number of benzene rings is 1. The van der Waals surface area contributed by atoms with Crippen molar-refractivity contribution in [3.63, 3.8) is 0 Å². The van der Waals surface area contributed by atoms with Gasteiger partial charge in [0, 0.05) is 34.8 Å². The first-order valence-electron chi connectivity index (χ1n) is 6.82. The Morgan fingerprint density at radius 3 is 2.90 bits per heavy atom. The summed E-state index contributed by atoms with van der Waals surface area (Å²) < 4.78 is 0. The standard InChI is InChI=1S/C15H16N4OS/c1-3-14-17-15(19-18-14)21-8-10-7-13(20)11-6-9(2)4-5-12(11)16-10/h4-7H,3,8H2,1-2H3,(H,16,20)(H,17,18,19). The second kappa shape index (κ2) is 5.73. The average Bonchev–Trinajstić information content (AvgIpc) is 2.94. The number of aromatic amines is 2. The van der Waals surface area contributed by atoms with E-state index in [0.29, 0.717) is 10.9 Å². The second-order valence-electron chi connectivity index (χ2n) is 4.91. The maximum Gasteiger partial charge on any atom is 0.208 e. The number of aryl methyl sites for hydroxylation is 2. The SMILES string of the molecule is CCc1nc(SCc2cc(=O)c3cc(C)ccc3[nH]2)n[nH]1. The lowest BCUT2D eigenvalue weighted by Crippen LogP contribution is -2.04. The van der Waals surface area contributed by atoms with Crippen molar-refractivity contribution in [3.8, 4) is 0 Å². The Labute approximate surface area is 126 Å². The smallest absolute Gasteiger partial charge is 0.208 e. The molecular formula is C15H16N4OS. The van der Waals surface area contributed by atoms with E-state index in [2.05, 4.69) is 20.2 Å². The maximum atomic E-state index is 12.1. The molecule has 0 bridgehead atoms. The Hall–Kier alpha value is -2.08. The Bertz CT molecular complexity index is 837. The Kier molecular flexibility index (Phi) is 3.79. The third-order valence-electron chi connectivity index (χ3n) is 3.24. The van der Waals surface area contributed by atoms with E-state index in [9.17, 15) is 4.79 Å². The van der Waals surface area contributed by atoms with Gasteiger partial charge in [-0.2, -0.15) is 0 Å². The van der Waals surface area contributed by atoms with E-state index in [1.54, 1.807) is 6.07 Å². The molecule has 108 valence electrons. The Morgan fingerprint density at radius 2 is 2.14 bits per heavy atom. The van der Waals surface area contributed by atoms with Gasteiger partial charge in [0.1, 0.15) is 5.82 Å². The van der Waals surface area contributed by atoms with Gasteiger partial charge in [0.15, 0.2) is 5.43 Å². The van der Waals surface area contributed by atoms with Gasteiger partial charge in [-0.25, -0.2) is 4.98 Å². The summed E-state index contributed by atoms with van der Waals surface area (Å²) in [6.07, 6.45) is 0.833. The lowest BCUT2D eigenvalue weighted by atomic mass is 10.1.